The number of nitrogens with one attached hydrogen (secondary N) is 1. The van der Waals surface area contributed by atoms with Gasteiger partial charge in [-0.3, -0.25) is 4.90 Å². The van der Waals surface area contributed by atoms with Gasteiger partial charge in [-0.15, -0.1) is 0 Å². The van der Waals surface area contributed by atoms with E-state index in [-0.39, 0.29) is 0 Å². The SMILES string of the molecule is CCCC(c1ccccc1)N(CC1CCCCN1)C1CC1. The molecule has 2 nitrogen and oxygen atoms in total. The van der Waals surface area contributed by atoms with E-state index < -0.39 is 0 Å². The number of nitrogens with zero attached hydrogens (tertiary/aromatic N) is 1. The van der Waals surface area contributed by atoms with Gasteiger partial charge in [0, 0.05) is 24.7 Å². The van der Waals surface area contributed by atoms with Gasteiger partial charge in [0.15, 0.2) is 0 Å². The smallest absolute Gasteiger partial charge is 0.0351 e. The molecule has 2 heteroatoms. The zero-order chi connectivity index (χ0) is 14.5. The second-order valence-electron chi connectivity index (χ2n) is 6.79. The summed E-state index contributed by atoms with van der Waals surface area (Å²) in [6.45, 7) is 4.77. The third kappa shape index (κ3) is 4.08. The Bertz CT molecular complexity index is 407. The fourth-order valence-corrected chi connectivity index (χ4v) is 3.74. The maximum Gasteiger partial charge on any atom is 0.0351 e. The number of hydrogen-bond acceptors (Lipinski definition) is 2. The molecule has 1 heterocycles. The largest absolute Gasteiger partial charge is 0.313 e. The van der Waals surface area contributed by atoms with E-state index in [4.69, 9.17) is 0 Å². The Kier molecular flexibility index (Phi) is 5.32. The molecule has 1 aliphatic carbocycles. The lowest BCUT2D eigenvalue weighted by Crippen LogP contribution is -2.45. The molecule has 1 N–H and O–H groups in total. The number of hydrogen-bond donors (Lipinski definition) is 1. The topological polar surface area (TPSA) is 15.3 Å². The molecule has 1 aromatic carbocycles. The van der Waals surface area contributed by atoms with Crippen LogP contribution in [0.1, 0.15) is 63.5 Å². The Morgan fingerprint density at radius 1 is 1.14 bits per heavy atom. The molecule has 1 aromatic rings. The maximum atomic E-state index is 3.74. The second-order valence-corrected chi connectivity index (χ2v) is 6.79. The zero-order valence-corrected chi connectivity index (χ0v) is 13.4. The van der Waals surface area contributed by atoms with Crippen LogP contribution < -0.4 is 5.32 Å². The van der Waals surface area contributed by atoms with Crippen molar-refractivity contribution in [3.05, 3.63) is 35.9 Å². The van der Waals surface area contributed by atoms with Gasteiger partial charge in [-0.05, 0) is 44.2 Å². The molecular formula is C19H30N2. The van der Waals surface area contributed by atoms with Gasteiger partial charge in [0.05, 0.1) is 0 Å². The van der Waals surface area contributed by atoms with Gasteiger partial charge in [-0.2, -0.15) is 0 Å². The van der Waals surface area contributed by atoms with Crippen LogP contribution in [0.3, 0.4) is 0 Å². The molecule has 1 saturated carbocycles. The van der Waals surface area contributed by atoms with Crippen molar-refractivity contribution >= 4 is 0 Å². The Balaban J connectivity index is 1.73. The third-order valence-corrected chi connectivity index (χ3v) is 5.01. The Hall–Kier alpha value is -0.860. The normalized spacial score (nSPS) is 24.2. The summed E-state index contributed by atoms with van der Waals surface area (Å²) in [5.74, 6) is 0. The predicted molar refractivity (Wildman–Crippen MR) is 89.5 cm³/mol. The minimum Gasteiger partial charge on any atom is -0.313 e. The van der Waals surface area contributed by atoms with E-state index in [2.05, 4.69) is 47.5 Å². The van der Waals surface area contributed by atoms with Crippen molar-refractivity contribution in [2.24, 2.45) is 0 Å². The highest BCUT2D eigenvalue weighted by Crippen LogP contribution is 2.37. The highest BCUT2D eigenvalue weighted by Gasteiger charge is 2.35. The van der Waals surface area contributed by atoms with Crippen LogP contribution in [0.15, 0.2) is 30.3 Å². The molecule has 2 fully saturated rings. The fraction of sp³-hybridized carbons (Fsp3) is 0.684. The van der Waals surface area contributed by atoms with E-state index in [1.807, 2.05) is 0 Å². The molecule has 2 aliphatic rings. The lowest BCUT2D eigenvalue weighted by molar-refractivity contribution is 0.148. The number of benzene rings is 1. The summed E-state index contributed by atoms with van der Waals surface area (Å²) < 4.78 is 0. The molecule has 0 amide bonds. The van der Waals surface area contributed by atoms with Crippen LogP contribution in [0.25, 0.3) is 0 Å². The van der Waals surface area contributed by atoms with Crippen molar-refractivity contribution in [2.75, 3.05) is 13.1 Å². The average Bonchev–Trinajstić information content (AvgIpc) is 3.37. The average molecular weight is 286 g/mol. The fourth-order valence-electron chi connectivity index (χ4n) is 3.74. The molecule has 1 saturated heterocycles. The first-order valence-corrected chi connectivity index (χ1v) is 8.92. The Morgan fingerprint density at radius 2 is 1.95 bits per heavy atom. The first kappa shape index (κ1) is 15.1. The number of rotatable bonds is 7. The summed E-state index contributed by atoms with van der Waals surface area (Å²) >= 11 is 0. The van der Waals surface area contributed by atoms with Crippen LogP contribution in [0.5, 0.6) is 0 Å². The minimum atomic E-state index is 0.618. The van der Waals surface area contributed by atoms with Crippen LogP contribution in [0.2, 0.25) is 0 Å². The standard InChI is InChI=1S/C19H30N2/c1-2-8-19(16-9-4-3-5-10-16)21(18-12-13-18)15-17-11-6-7-14-20-17/h3-5,9-10,17-20H,2,6-8,11-15H2,1H3. The summed E-state index contributed by atoms with van der Waals surface area (Å²) in [6.07, 6.45) is 9.47. The zero-order valence-electron chi connectivity index (χ0n) is 13.4. The van der Waals surface area contributed by atoms with E-state index in [0.29, 0.717) is 12.1 Å². The van der Waals surface area contributed by atoms with Gasteiger partial charge in [-0.25, -0.2) is 0 Å². The molecule has 1 aliphatic heterocycles. The van der Waals surface area contributed by atoms with E-state index in [9.17, 15) is 0 Å². The summed E-state index contributed by atoms with van der Waals surface area (Å²) in [5, 5.41) is 3.74. The monoisotopic (exact) mass is 286 g/mol. The van der Waals surface area contributed by atoms with Crippen molar-refractivity contribution in [1.29, 1.82) is 0 Å². The van der Waals surface area contributed by atoms with Gasteiger partial charge in [0.25, 0.3) is 0 Å². The van der Waals surface area contributed by atoms with Crippen LogP contribution in [-0.2, 0) is 0 Å². The molecule has 3 rings (SSSR count). The lowest BCUT2D eigenvalue weighted by Gasteiger charge is -2.36. The molecule has 0 spiro atoms. The highest BCUT2D eigenvalue weighted by molar-refractivity contribution is 5.20. The third-order valence-electron chi connectivity index (χ3n) is 5.01. The van der Waals surface area contributed by atoms with Crippen molar-refractivity contribution < 1.29 is 0 Å². The molecule has 0 bridgehead atoms. The Labute approximate surface area is 129 Å². The van der Waals surface area contributed by atoms with E-state index >= 15 is 0 Å². The van der Waals surface area contributed by atoms with Gasteiger partial charge in [-0.1, -0.05) is 50.1 Å². The lowest BCUT2D eigenvalue weighted by atomic mass is 9.98. The van der Waals surface area contributed by atoms with E-state index in [0.717, 1.165) is 6.04 Å². The van der Waals surface area contributed by atoms with Crippen molar-refractivity contribution in [3.8, 4) is 0 Å². The van der Waals surface area contributed by atoms with E-state index in [1.165, 1.54) is 63.6 Å². The van der Waals surface area contributed by atoms with Crippen LogP contribution in [0, 0.1) is 0 Å². The van der Waals surface area contributed by atoms with Crippen molar-refractivity contribution in [2.45, 2.75) is 70.0 Å². The number of piperidine rings is 1. The quantitative estimate of drug-likeness (QED) is 0.810. The summed E-state index contributed by atoms with van der Waals surface area (Å²) in [7, 11) is 0. The molecule has 116 valence electrons. The predicted octanol–water partition coefficient (Wildman–Crippen LogP) is 4.13. The van der Waals surface area contributed by atoms with Crippen LogP contribution in [0.4, 0.5) is 0 Å². The summed E-state index contributed by atoms with van der Waals surface area (Å²) in [6, 6.07) is 13.3. The van der Waals surface area contributed by atoms with Crippen molar-refractivity contribution in [1.82, 2.24) is 10.2 Å². The molecule has 21 heavy (non-hydrogen) atoms. The molecule has 0 radical (unpaired) electrons. The molecule has 2 unspecified atom stereocenters. The second kappa shape index (κ2) is 7.42. The maximum absolute atomic E-state index is 3.74. The van der Waals surface area contributed by atoms with E-state index in [1.54, 1.807) is 0 Å². The summed E-state index contributed by atoms with van der Waals surface area (Å²) in [5.41, 5.74) is 1.52. The van der Waals surface area contributed by atoms with Crippen molar-refractivity contribution in [3.63, 3.8) is 0 Å². The first-order valence-electron chi connectivity index (χ1n) is 8.92. The highest BCUT2D eigenvalue weighted by atomic mass is 15.2. The molecular weight excluding hydrogens is 256 g/mol. The van der Waals surface area contributed by atoms with Crippen LogP contribution >= 0.6 is 0 Å². The first-order chi connectivity index (χ1) is 10.4. The van der Waals surface area contributed by atoms with Gasteiger partial charge in [0.2, 0.25) is 0 Å². The minimum absolute atomic E-state index is 0.618. The molecule has 0 aromatic heterocycles. The summed E-state index contributed by atoms with van der Waals surface area (Å²) in [4.78, 5) is 2.82. The van der Waals surface area contributed by atoms with Gasteiger partial charge in [0.1, 0.15) is 0 Å². The van der Waals surface area contributed by atoms with Gasteiger partial charge < -0.3 is 5.32 Å². The van der Waals surface area contributed by atoms with Crippen LogP contribution in [-0.4, -0.2) is 30.1 Å². The Morgan fingerprint density at radius 3 is 2.57 bits per heavy atom. The van der Waals surface area contributed by atoms with Gasteiger partial charge >= 0.3 is 0 Å². The molecule has 2 atom stereocenters.